The molecule has 0 unspecified atom stereocenters. The number of anilines is 1. The summed E-state index contributed by atoms with van der Waals surface area (Å²) >= 11 is 24.5. The third-order valence-electron chi connectivity index (χ3n) is 5.56. The van der Waals surface area contributed by atoms with Crippen LogP contribution < -0.4 is 9.62 Å². The van der Waals surface area contributed by atoms with Gasteiger partial charge in [0, 0.05) is 32.7 Å². The summed E-state index contributed by atoms with van der Waals surface area (Å²) in [5, 5.41) is 4.06. The summed E-state index contributed by atoms with van der Waals surface area (Å²) in [6, 6.07) is 8.10. The Morgan fingerprint density at radius 1 is 0.944 bits per heavy atom. The van der Waals surface area contributed by atoms with Crippen molar-refractivity contribution >= 4 is 73.9 Å². The van der Waals surface area contributed by atoms with Crippen LogP contribution in [0.15, 0.2) is 36.4 Å². The molecule has 0 saturated carbocycles. The zero-order valence-electron chi connectivity index (χ0n) is 20.4. The quantitative estimate of drug-likeness (QED) is 0.356. The molecule has 0 heterocycles. The Morgan fingerprint density at radius 3 is 2.06 bits per heavy atom. The van der Waals surface area contributed by atoms with Crippen LogP contribution in [0.4, 0.5) is 5.69 Å². The molecule has 0 aromatic heterocycles. The molecule has 2 atom stereocenters. The van der Waals surface area contributed by atoms with Gasteiger partial charge in [0.15, 0.2) is 0 Å². The van der Waals surface area contributed by atoms with Crippen LogP contribution in [0, 0.1) is 0 Å². The second-order valence-corrected chi connectivity index (χ2v) is 12.0. The molecule has 7 nitrogen and oxygen atoms in total. The van der Waals surface area contributed by atoms with Crippen molar-refractivity contribution in [3.05, 3.63) is 62.1 Å². The lowest BCUT2D eigenvalue weighted by atomic mass is 10.1. The van der Waals surface area contributed by atoms with Crippen molar-refractivity contribution in [3.63, 3.8) is 0 Å². The lowest BCUT2D eigenvalue weighted by molar-refractivity contribution is -0.140. The van der Waals surface area contributed by atoms with E-state index in [-0.39, 0.29) is 34.2 Å². The van der Waals surface area contributed by atoms with Crippen molar-refractivity contribution < 1.29 is 18.0 Å². The Balaban J connectivity index is 2.51. The molecule has 36 heavy (non-hydrogen) atoms. The van der Waals surface area contributed by atoms with Gasteiger partial charge >= 0.3 is 0 Å². The van der Waals surface area contributed by atoms with Crippen LogP contribution >= 0.6 is 46.4 Å². The van der Waals surface area contributed by atoms with Crippen LogP contribution in [0.3, 0.4) is 0 Å². The van der Waals surface area contributed by atoms with Crippen molar-refractivity contribution in [1.82, 2.24) is 10.2 Å². The van der Waals surface area contributed by atoms with Crippen LogP contribution in [0.1, 0.15) is 39.2 Å². The molecular weight excluding hydrogens is 568 g/mol. The number of rotatable bonds is 11. The average molecular weight is 597 g/mol. The first kappa shape index (κ1) is 30.5. The Morgan fingerprint density at radius 2 is 1.56 bits per heavy atom. The molecule has 2 amide bonds. The van der Waals surface area contributed by atoms with E-state index in [1.165, 1.54) is 29.2 Å². The summed E-state index contributed by atoms with van der Waals surface area (Å²) in [4.78, 5) is 28.2. The Bertz CT molecular complexity index is 1190. The van der Waals surface area contributed by atoms with Crippen LogP contribution in [0.2, 0.25) is 20.1 Å². The van der Waals surface area contributed by atoms with E-state index >= 15 is 0 Å². The van der Waals surface area contributed by atoms with E-state index in [0.29, 0.717) is 28.5 Å². The van der Waals surface area contributed by atoms with Crippen molar-refractivity contribution in [3.8, 4) is 0 Å². The zero-order chi connectivity index (χ0) is 27.2. The summed E-state index contributed by atoms with van der Waals surface area (Å²) in [7, 11) is -3.92. The normalized spacial score (nSPS) is 13.1. The molecule has 0 spiro atoms. The molecule has 0 fully saturated rings. The van der Waals surface area contributed by atoms with Gasteiger partial charge < -0.3 is 10.2 Å². The van der Waals surface area contributed by atoms with Crippen LogP contribution in [0.25, 0.3) is 0 Å². The number of carbonyl (C=O) groups is 2. The third kappa shape index (κ3) is 8.42. The highest BCUT2D eigenvalue weighted by Crippen LogP contribution is 2.28. The zero-order valence-corrected chi connectivity index (χ0v) is 24.2. The summed E-state index contributed by atoms with van der Waals surface area (Å²) < 4.78 is 26.3. The van der Waals surface area contributed by atoms with Gasteiger partial charge in [-0.2, -0.15) is 0 Å². The summed E-state index contributed by atoms with van der Waals surface area (Å²) in [5.74, 6) is -0.948. The molecule has 0 aliphatic rings. The fraction of sp³-hybridized carbons (Fsp3) is 0.417. The number of hydrogen-bond donors (Lipinski definition) is 1. The Kier molecular flexibility index (Phi) is 11.2. The minimum absolute atomic E-state index is 0.0326. The third-order valence-corrected chi connectivity index (χ3v) is 7.72. The van der Waals surface area contributed by atoms with Gasteiger partial charge in [0.2, 0.25) is 21.8 Å². The van der Waals surface area contributed by atoms with Gasteiger partial charge in [-0.3, -0.25) is 13.9 Å². The van der Waals surface area contributed by atoms with Crippen molar-refractivity contribution in [1.29, 1.82) is 0 Å². The van der Waals surface area contributed by atoms with E-state index in [2.05, 4.69) is 5.32 Å². The van der Waals surface area contributed by atoms with E-state index in [9.17, 15) is 18.0 Å². The number of sulfonamides is 1. The molecule has 2 aromatic rings. The predicted octanol–water partition coefficient (Wildman–Crippen LogP) is 5.79. The maximum absolute atomic E-state index is 13.7. The second-order valence-electron chi connectivity index (χ2n) is 8.40. The fourth-order valence-corrected chi connectivity index (χ4v) is 5.31. The van der Waals surface area contributed by atoms with Gasteiger partial charge in [-0.25, -0.2) is 8.42 Å². The highest BCUT2D eigenvalue weighted by Gasteiger charge is 2.32. The average Bonchev–Trinajstić information content (AvgIpc) is 2.76. The standard InChI is InChI=1S/C24H29Cl4N3O4S/c1-5-15(3)29-24(33)22(6-2)30(13-16-7-8-17(25)12-21(16)28)23(32)14-31(36(4,34)35)20-10-18(26)9-19(27)11-20/h7-12,15,22H,5-6,13-14H2,1-4H3,(H,29,33)/t15-,22+/m0/s1. The lowest BCUT2D eigenvalue weighted by Gasteiger charge is -2.33. The maximum Gasteiger partial charge on any atom is 0.244 e. The molecule has 198 valence electrons. The lowest BCUT2D eigenvalue weighted by Crippen LogP contribution is -2.53. The van der Waals surface area contributed by atoms with Crippen LogP contribution in [0.5, 0.6) is 0 Å². The van der Waals surface area contributed by atoms with Gasteiger partial charge in [0.05, 0.1) is 11.9 Å². The number of nitrogens with one attached hydrogen (secondary N) is 1. The van der Waals surface area contributed by atoms with Gasteiger partial charge in [-0.05, 0) is 55.7 Å². The number of carbonyl (C=O) groups excluding carboxylic acids is 2. The van der Waals surface area contributed by atoms with Gasteiger partial charge in [-0.15, -0.1) is 0 Å². The number of amides is 2. The topological polar surface area (TPSA) is 86.8 Å². The number of halogens is 4. The first-order valence-corrected chi connectivity index (χ1v) is 14.6. The fourth-order valence-electron chi connectivity index (χ4n) is 3.49. The molecule has 1 N–H and O–H groups in total. The number of hydrogen-bond acceptors (Lipinski definition) is 4. The molecular formula is C24H29Cl4N3O4S. The van der Waals surface area contributed by atoms with E-state index in [0.717, 1.165) is 10.6 Å². The smallest absolute Gasteiger partial charge is 0.244 e. The van der Waals surface area contributed by atoms with Gasteiger partial charge in [0.1, 0.15) is 12.6 Å². The van der Waals surface area contributed by atoms with Crippen LogP contribution in [-0.4, -0.2) is 50.0 Å². The monoisotopic (exact) mass is 595 g/mol. The van der Waals surface area contributed by atoms with E-state index in [4.69, 9.17) is 46.4 Å². The Labute approximate surface area is 232 Å². The molecule has 0 aliphatic carbocycles. The predicted molar refractivity (Wildman–Crippen MR) is 148 cm³/mol. The molecule has 0 radical (unpaired) electrons. The first-order chi connectivity index (χ1) is 16.8. The van der Waals surface area contributed by atoms with E-state index in [1.807, 2.05) is 13.8 Å². The number of nitrogens with zero attached hydrogens (tertiary/aromatic N) is 2. The molecule has 0 saturated heterocycles. The number of benzene rings is 2. The Hall–Kier alpha value is -1.71. The molecule has 2 rings (SSSR count). The van der Waals surface area contributed by atoms with Gasteiger partial charge in [-0.1, -0.05) is 66.3 Å². The molecule has 12 heteroatoms. The minimum atomic E-state index is -3.92. The largest absolute Gasteiger partial charge is 0.352 e. The van der Waals surface area contributed by atoms with Crippen molar-refractivity contribution in [2.45, 2.75) is 52.2 Å². The highest BCUT2D eigenvalue weighted by molar-refractivity contribution is 7.92. The van der Waals surface area contributed by atoms with Gasteiger partial charge in [0.25, 0.3) is 0 Å². The SMILES string of the molecule is CC[C@H](C(=O)N[C@@H](C)CC)N(Cc1ccc(Cl)cc1Cl)C(=O)CN(c1cc(Cl)cc(Cl)c1)S(C)(=O)=O. The first-order valence-electron chi connectivity index (χ1n) is 11.2. The maximum atomic E-state index is 13.7. The van der Waals surface area contributed by atoms with Crippen molar-refractivity contribution in [2.24, 2.45) is 0 Å². The summed E-state index contributed by atoms with van der Waals surface area (Å²) in [6.45, 7) is 4.96. The van der Waals surface area contributed by atoms with E-state index < -0.39 is 28.5 Å². The molecule has 0 bridgehead atoms. The van der Waals surface area contributed by atoms with Crippen LogP contribution in [-0.2, 0) is 26.2 Å². The second kappa shape index (κ2) is 13.2. The minimum Gasteiger partial charge on any atom is -0.352 e. The molecule has 2 aromatic carbocycles. The summed E-state index contributed by atoms with van der Waals surface area (Å²) in [5.41, 5.74) is 0.686. The van der Waals surface area contributed by atoms with E-state index in [1.54, 1.807) is 19.1 Å². The summed E-state index contributed by atoms with van der Waals surface area (Å²) in [6.07, 6.45) is 1.97. The highest BCUT2D eigenvalue weighted by atomic mass is 35.5. The van der Waals surface area contributed by atoms with Crippen molar-refractivity contribution in [2.75, 3.05) is 17.1 Å². The molecule has 0 aliphatic heterocycles.